The van der Waals surface area contributed by atoms with Crippen LogP contribution in [0.15, 0.2) is 0 Å². The first-order valence-electron chi connectivity index (χ1n) is 7.99. The van der Waals surface area contributed by atoms with Gasteiger partial charge >= 0.3 is 6.18 Å². The summed E-state index contributed by atoms with van der Waals surface area (Å²) >= 11 is 0. The number of rotatable bonds is 3. The number of amides is 1. The lowest BCUT2D eigenvalue weighted by molar-refractivity contribution is -0.157. The largest absolute Gasteiger partial charge is 0.401 e. The van der Waals surface area contributed by atoms with Gasteiger partial charge in [-0.2, -0.15) is 13.2 Å². The molecular formula is C15H26F3N3O. The maximum atomic E-state index is 12.5. The zero-order valence-electron chi connectivity index (χ0n) is 13.5. The minimum Gasteiger partial charge on any atom is -0.342 e. The van der Waals surface area contributed by atoms with E-state index in [1.165, 1.54) is 11.3 Å². The number of carbonyl (C=O) groups is 1. The highest BCUT2D eigenvalue weighted by atomic mass is 19.4. The number of nitrogens with zero attached hydrogens (tertiary/aromatic N) is 3. The average Bonchev–Trinajstić information content (AvgIpc) is 2.40. The van der Waals surface area contributed by atoms with Crippen molar-refractivity contribution in [3.63, 3.8) is 0 Å². The van der Waals surface area contributed by atoms with Gasteiger partial charge in [0.2, 0.25) is 5.91 Å². The van der Waals surface area contributed by atoms with Crippen molar-refractivity contribution in [2.75, 3.05) is 45.8 Å². The van der Waals surface area contributed by atoms with Gasteiger partial charge in [-0.15, -0.1) is 0 Å². The van der Waals surface area contributed by atoms with Gasteiger partial charge in [0, 0.05) is 38.3 Å². The summed E-state index contributed by atoms with van der Waals surface area (Å²) in [6.07, 6.45) is -0.893. The van der Waals surface area contributed by atoms with E-state index < -0.39 is 18.3 Å². The number of alkyl halides is 3. The topological polar surface area (TPSA) is 26.8 Å². The van der Waals surface area contributed by atoms with Gasteiger partial charge in [0.05, 0.1) is 13.1 Å². The molecule has 0 aliphatic carbocycles. The molecule has 0 bridgehead atoms. The monoisotopic (exact) mass is 321 g/mol. The normalized spacial score (nSPS) is 24.5. The van der Waals surface area contributed by atoms with Crippen LogP contribution >= 0.6 is 0 Å². The first kappa shape index (κ1) is 17.5. The smallest absolute Gasteiger partial charge is 0.342 e. The van der Waals surface area contributed by atoms with Crippen molar-refractivity contribution in [1.29, 1.82) is 0 Å². The lowest BCUT2D eigenvalue weighted by Crippen LogP contribution is -2.62. The highest BCUT2D eigenvalue weighted by Gasteiger charge is 2.39. The number of carbonyl (C=O) groups excluding carboxylic acids is 1. The molecule has 0 aromatic rings. The van der Waals surface area contributed by atoms with Gasteiger partial charge in [-0.25, -0.2) is 0 Å². The first-order chi connectivity index (χ1) is 10.2. The molecule has 0 N–H and O–H groups in total. The Morgan fingerprint density at radius 2 is 1.68 bits per heavy atom. The highest BCUT2D eigenvalue weighted by Crippen LogP contribution is 2.25. The fraction of sp³-hybridized carbons (Fsp3) is 0.933. The predicted molar refractivity (Wildman–Crippen MR) is 78.6 cm³/mol. The molecule has 2 fully saturated rings. The summed E-state index contributed by atoms with van der Waals surface area (Å²) in [5.74, 6) is 0.108. The van der Waals surface area contributed by atoms with Crippen LogP contribution in [0.25, 0.3) is 0 Å². The third-order valence-corrected chi connectivity index (χ3v) is 4.59. The van der Waals surface area contributed by atoms with Gasteiger partial charge in [-0.1, -0.05) is 0 Å². The number of hydrogen-bond acceptors (Lipinski definition) is 3. The summed E-state index contributed by atoms with van der Waals surface area (Å²) in [7, 11) is 0. The SMILES string of the molecule is CC1(C)CN(CC(F)(F)F)CCN1CC(=O)N1CCCCC1. The van der Waals surface area contributed by atoms with Gasteiger partial charge in [0.1, 0.15) is 0 Å². The van der Waals surface area contributed by atoms with E-state index in [2.05, 4.69) is 0 Å². The molecule has 2 rings (SSSR count). The van der Waals surface area contributed by atoms with Crippen LogP contribution in [-0.4, -0.2) is 78.1 Å². The molecular weight excluding hydrogens is 295 g/mol. The second-order valence-corrected chi connectivity index (χ2v) is 7.00. The van der Waals surface area contributed by atoms with Crippen molar-refractivity contribution in [3.05, 3.63) is 0 Å². The summed E-state index contributed by atoms with van der Waals surface area (Å²) in [6.45, 7) is 6.09. The van der Waals surface area contributed by atoms with Crippen LogP contribution in [0.5, 0.6) is 0 Å². The zero-order chi connectivity index (χ0) is 16.4. The van der Waals surface area contributed by atoms with Crippen molar-refractivity contribution >= 4 is 5.91 Å². The molecule has 2 aliphatic rings. The Morgan fingerprint density at radius 3 is 2.23 bits per heavy atom. The van der Waals surface area contributed by atoms with Crippen LogP contribution in [0.1, 0.15) is 33.1 Å². The van der Waals surface area contributed by atoms with E-state index in [9.17, 15) is 18.0 Å². The lowest BCUT2D eigenvalue weighted by atomic mass is 9.98. The van der Waals surface area contributed by atoms with Crippen molar-refractivity contribution in [1.82, 2.24) is 14.7 Å². The van der Waals surface area contributed by atoms with Gasteiger partial charge < -0.3 is 4.90 Å². The van der Waals surface area contributed by atoms with E-state index >= 15 is 0 Å². The van der Waals surface area contributed by atoms with Crippen LogP contribution in [0.4, 0.5) is 13.2 Å². The molecule has 2 saturated heterocycles. The minimum atomic E-state index is -4.16. The molecule has 22 heavy (non-hydrogen) atoms. The molecule has 0 aromatic heterocycles. The molecule has 2 aliphatic heterocycles. The molecule has 0 atom stereocenters. The molecule has 4 nitrogen and oxygen atoms in total. The van der Waals surface area contributed by atoms with E-state index in [1.54, 1.807) is 0 Å². The zero-order valence-corrected chi connectivity index (χ0v) is 13.5. The molecule has 0 spiro atoms. The molecule has 0 radical (unpaired) electrons. The lowest BCUT2D eigenvalue weighted by Gasteiger charge is -2.47. The van der Waals surface area contributed by atoms with Crippen LogP contribution in [-0.2, 0) is 4.79 Å². The summed E-state index contributed by atoms with van der Waals surface area (Å²) in [4.78, 5) is 17.7. The third-order valence-electron chi connectivity index (χ3n) is 4.59. The summed E-state index contributed by atoms with van der Waals surface area (Å²) in [5.41, 5.74) is -0.422. The second-order valence-electron chi connectivity index (χ2n) is 7.00. The molecule has 2 heterocycles. The first-order valence-corrected chi connectivity index (χ1v) is 7.99. The van der Waals surface area contributed by atoms with Crippen LogP contribution in [0.3, 0.4) is 0 Å². The van der Waals surface area contributed by atoms with Crippen molar-refractivity contribution < 1.29 is 18.0 Å². The molecule has 0 aromatic carbocycles. The Hall–Kier alpha value is -0.820. The van der Waals surface area contributed by atoms with Gasteiger partial charge in [0.15, 0.2) is 0 Å². The Balaban J connectivity index is 1.88. The van der Waals surface area contributed by atoms with Crippen molar-refractivity contribution in [2.24, 2.45) is 0 Å². The third kappa shape index (κ3) is 4.84. The second kappa shape index (κ2) is 6.74. The Kier molecular flexibility index (Phi) is 5.37. The number of piperazine rings is 1. The number of hydrogen-bond donors (Lipinski definition) is 0. The van der Waals surface area contributed by atoms with Gasteiger partial charge in [0.25, 0.3) is 0 Å². The maximum Gasteiger partial charge on any atom is 0.401 e. The maximum absolute atomic E-state index is 12.5. The summed E-state index contributed by atoms with van der Waals surface area (Å²) in [6, 6.07) is 0. The van der Waals surface area contributed by atoms with E-state index in [1.807, 2.05) is 23.6 Å². The van der Waals surface area contributed by atoms with E-state index in [0.717, 1.165) is 25.9 Å². The Morgan fingerprint density at radius 1 is 1.05 bits per heavy atom. The van der Waals surface area contributed by atoms with E-state index in [4.69, 9.17) is 0 Å². The van der Waals surface area contributed by atoms with E-state index in [0.29, 0.717) is 26.2 Å². The highest BCUT2D eigenvalue weighted by molar-refractivity contribution is 5.78. The van der Waals surface area contributed by atoms with Crippen LogP contribution in [0.2, 0.25) is 0 Å². The number of piperidine rings is 1. The Labute approximate surface area is 130 Å². The summed E-state index contributed by atoms with van der Waals surface area (Å²) < 4.78 is 37.6. The fourth-order valence-corrected chi connectivity index (χ4v) is 3.38. The Bertz CT molecular complexity index is 392. The molecule has 1 amide bonds. The van der Waals surface area contributed by atoms with Crippen molar-refractivity contribution in [2.45, 2.75) is 44.8 Å². The van der Waals surface area contributed by atoms with E-state index in [-0.39, 0.29) is 5.91 Å². The van der Waals surface area contributed by atoms with Gasteiger partial charge in [-0.05, 0) is 33.1 Å². The van der Waals surface area contributed by atoms with Crippen LogP contribution in [0, 0.1) is 0 Å². The molecule has 7 heteroatoms. The van der Waals surface area contributed by atoms with Crippen molar-refractivity contribution in [3.8, 4) is 0 Å². The molecule has 0 unspecified atom stereocenters. The average molecular weight is 321 g/mol. The quantitative estimate of drug-likeness (QED) is 0.795. The minimum absolute atomic E-state index is 0.108. The van der Waals surface area contributed by atoms with Gasteiger partial charge in [-0.3, -0.25) is 14.6 Å². The number of halogens is 3. The van der Waals surface area contributed by atoms with Crippen LogP contribution < -0.4 is 0 Å². The standard InChI is InChI=1S/C15H26F3N3O/c1-14(2)11-19(12-15(16,17)18)8-9-21(14)10-13(22)20-6-4-3-5-7-20/h3-12H2,1-2H3. The number of likely N-dealkylation sites (tertiary alicyclic amines) is 1. The fourth-order valence-electron chi connectivity index (χ4n) is 3.38. The molecule has 0 saturated carbocycles. The molecule has 128 valence electrons. The predicted octanol–water partition coefficient (Wildman–Crippen LogP) is 1.96. The summed E-state index contributed by atoms with van der Waals surface area (Å²) in [5, 5.41) is 0.